The highest BCUT2D eigenvalue weighted by Gasteiger charge is 2.07. The third-order valence-electron chi connectivity index (χ3n) is 2.14. The first-order valence-corrected chi connectivity index (χ1v) is 6.23. The maximum Gasteiger partial charge on any atom is 0.341 e. The minimum atomic E-state index is -1.04. The molecule has 0 aliphatic carbocycles. The fourth-order valence-electron chi connectivity index (χ4n) is 1.30. The third kappa shape index (κ3) is 3.78. The third-order valence-corrected chi connectivity index (χ3v) is 2.73. The first kappa shape index (κ1) is 13.0. The van der Waals surface area contributed by atoms with E-state index in [1.54, 1.807) is 35.2 Å². The van der Waals surface area contributed by atoms with Crippen molar-refractivity contribution in [1.82, 2.24) is 4.98 Å². The molecular formula is C12H10N2O4S. The minimum absolute atomic E-state index is 0.291. The van der Waals surface area contributed by atoms with E-state index in [4.69, 9.17) is 9.84 Å². The molecule has 1 aromatic heterocycles. The number of anilines is 1. The molecule has 1 heterocycles. The summed E-state index contributed by atoms with van der Waals surface area (Å²) in [7, 11) is 0. The fourth-order valence-corrected chi connectivity index (χ4v) is 1.83. The van der Waals surface area contributed by atoms with Gasteiger partial charge in [-0.3, -0.25) is 4.79 Å². The maximum absolute atomic E-state index is 11.7. The molecule has 0 saturated carbocycles. The number of carboxylic acid groups (broad SMARTS) is 1. The molecular weight excluding hydrogens is 268 g/mol. The van der Waals surface area contributed by atoms with E-state index in [0.29, 0.717) is 17.1 Å². The lowest BCUT2D eigenvalue weighted by molar-refractivity contribution is -0.139. The number of nitrogens with one attached hydrogen (secondary N) is 1. The topological polar surface area (TPSA) is 88.5 Å². The van der Waals surface area contributed by atoms with E-state index in [9.17, 15) is 9.59 Å². The second-order valence-corrected chi connectivity index (χ2v) is 4.25. The smallest absolute Gasteiger partial charge is 0.341 e. The Labute approximate surface area is 112 Å². The summed E-state index contributed by atoms with van der Waals surface area (Å²) in [6, 6.07) is 6.42. The van der Waals surface area contributed by atoms with Crippen molar-refractivity contribution in [3.63, 3.8) is 0 Å². The number of carboxylic acids is 1. The average molecular weight is 278 g/mol. The van der Waals surface area contributed by atoms with Gasteiger partial charge in [0.25, 0.3) is 5.91 Å². The largest absolute Gasteiger partial charge is 0.482 e. The quantitative estimate of drug-likeness (QED) is 0.871. The highest BCUT2D eigenvalue weighted by atomic mass is 32.1. The van der Waals surface area contributed by atoms with E-state index in [1.807, 2.05) is 0 Å². The van der Waals surface area contributed by atoms with Crippen LogP contribution in [0.4, 0.5) is 5.69 Å². The second-order valence-electron chi connectivity index (χ2n) is 3.53. The van der Waals surface area contributed by atoms with Crippen molar-refractivity contribution in [2.75, 3.05) is 11.9 Å². The zero-order valence-corrected chi connectivity index (χ0v) is 10.5. The minimum Gasteiger partial charge on any atom is -0.482 e. The number of amides is 1. The Bertz CT molecular complexity index is 566. The van der Waals surface area contributed by atoms with Crippen LogP contribution in [0.1, 0.15) is 10.5 Å². The highest BCUT2D eigenvalue weighted by molar-refractivity contribution is 7.07. The summed E-state index contributed by atoms with van der Waals surface area (Å²) >= 11 is 1.34. The van der Waals surface area contributed by atoms with E-state index in [1.165, 1.54) is 11.3 Å². The average Bonchev–Trinajstić information content (AvgIpc) is 2.92. The van der Waals surface area contributed by atoms with E-state index in [0.717, 1.165) is 0 Å². The number of benzene rings is 1. The van der Waals surface area contributed by atoms with Crippen molar-refractivity contribution in [2.45, 2.75) is 0 Å². The van der Waals surface area contributed by atoms with Gasteiger partial charge in [-0.25, -0.2) is 9.78 Å². The molecule has 6 nitrogen and oxygen atoms in total. The van der Waals surface area contributed by atoms with Crippen LogP contribution < -0.4 is 10.1 Å². The summed E-state index contributed by atoms with van der Waals surface area (Å²) < 4.78 is 4.98. The Hall–Kier alpha value is -2.41. The molecule has 0 atom stereocenters. The summed E-state index contributed by atoms with van der Waals surface area (Å²) in [6.45, 7) is -0.398. The van der Waals surface area contributed by atoms with Crippen molar-refractivity contribution < 1.29 is 19.4 Å². The number of rotatable bonds is 5. The van der Waals surface area contributed by atoms with E-state index >= 15 is 0 Å². The summed E-state index contributed by atoms with van der Waals surface area (Å²) in [5, 5.41) is 12.8. The number of aromatic nitrogens is 1. The summed E-state index contributed by atoms with van der Waals surface area (Å²) in [6.07, 6.45) is 0. The Morgan fingerprint density at radius 3 is 2.63 bits per heavy atom. The Morgan fingerprint density at radius 2 is 2.05 bits per heavy atom. The Balaban J connectivity index is 1.95. The molecule has 98 valence electrons. The summed E-state index contributed by atoms with van der Waals surface area (Å²) in [5.41, 5.74) is 2.52. The van der Waals surface area contributed by atoms with Crippen LogP contribution in [0.15, 0.2) is 35.2 Å². The number of nitrogens with zero attached hydrogens (tertiary/aromatic N) is 1. The molecule has 0 fully saturated rings. The van der Waals surface area contributed by atoms with Crippen molar-refractivity contribution in [3.8, 4) is 5.75 Å². The monoisotopic (exact) mass is 278 g/mol. The molecule has 1 aromatic carbocycles. The van der Waals surface area contributed by atoms with Crippen molar-refractivity contribution in [2.24, 2.45) is 0 Å². The van der Waals surface area contributed by atoms with E-state index in [-0.39, 0.29) is 5.91 Å². The van der Waals surface area contributed by atoms with Crippen molar-refractivity contribution >= 4 is 28.9 Å². The van der Waals surface area contributed by atoms with Crippen molar-refractivity contribution in [1.29, 1.82) is 0 Å². The predicted octanol–water partition coefficient (Wildman–Crippen LogP) is 1.86. The Morgan fingerprint density at radius 1 is 1.32 bits per heavy atom. The van der Waals surface area contributed by atoms with Gasteiger partial charge in [0.05, 0.1) is 5.51 Å². The molecule has 0 bridgehead atoms. The van der Waals surface area contributed by atoms with Gasteiger partial charge in [-0.2, -0.15) is 0 Å². The van der Waals surface area contributed by atoms with E-state index < -0.39 is 12.6 Å². The van der Waals surface area contributed by atoms with Crippen LogP contribution in [0.3, 0.4) is 0 Å². The summed E-state index contributed by atoms with van der Waals surface area (Å²) in [5.74, 6) is -0.907. The van der Waals surface area contributed by atoms with Crippen LogP contribution in [0.5, 0.6) is 5.75 Å². The highest BCUT2D eigenvalue weighted by Crippen LogP contribution is 2.16. The lowest BCUT2D eigenvalue weighted by atomic mass is 10.3. The van der Waals surface area contributed by atoms with Crippen LogP contribution in [0, 0.1) is 0 Å². The number of ether oxygens (including phenoxy) is 1. The molecule has 19 heavy (non-hydrogen) atoms. The molecule has 7 heteroatoms. The van der Waals surface area contributed by atoms with Crippen molar-refractivity contribution in [3.05, 3.63) is 40.8 Å². The molecule has 2 rings (SSSR count). The number of hydrogen-bond donors (Lipinski definition) is 2. The van der Waals surface area contributed by atoms with Gasteiger partial charge in [-0.15, -0.1) is 11.3 Å². The van der Waals surface area contributed by atoms with Gasteiger partial charge < -0.3 is 15.2 Å². The molecule has 0 aliphatic heterocycles. The zero-order valence-electron chi connectivity index (χ0n) is 9.70. The molecule has 2 N–H and O–H groups in total. The number of thiazole rings is 1. The number of carbonyl (C=O) groups is 2. The molecule has 0 saturated heterocycles. The standard InChI is InChI=1S/C12H10N2O4S/c15-11(16)5-18-9-3-1-8(2-4-9)14-12(17)10-6-19-7-13-10/h1-4,6-7H,5H2,(H,14,17)(H,15,16). The first-order chi connectivity index (χ1) is 9.15. The molecule has 0 spiro atoms. The SMILES string of the molecule is O=C(O)COc1ccc(NC(=O)c2cscn2)cc1. The number of carbonyl (C=O) groups excluding carboxylic acids is 1. The molecule has 1 amide bonds. The van der Waals surface area contributed by atoms with Crippen LogP contribution in [0.25, 0.3) is 0 Å². The van der Waals surface area contributed by atoms with Gasteiger partial charge in [0.15, 0.2) is 6.61 Å². The van der Waals surface area contributed by atoms with Crippen LogP contribution in [0.2, 0.25) is 0 Å². The zero-order chi connectivity index (χ0) is 13.7. The van der Waals surface area contributed by atoms with Gasteiger partial charge in [0.1, 0.15) is 11.4 Å². The lowest BCUT2D eigenvalue weighted by Crippen LogP contribution is -2.12. The van der Waals surface area contributed by atoms with Gasteiger partial charge in [-0.05, 0) is 24.3 Å². The molecule has 2 aromatic rings. The summed E-state index contributed by atoms with van der Waals surface area (Å²) in [4.78, 5) is 25.9. The second kappa shape index (κ2) is 5.96. The lowest BCUT2D eigenvalue weighted by Gasteiger charge is -2.06. The normalized spacial score (nSPS) is 9.89. The van der Waals surface area contributed by atoms with Gasteiger partial charge in [-0.1, -0.05) is 0 Å². The number of aliphatic carboxylic acids is 1. The van der Waals surface area contributed by atoms with Crippen LogP contribution in [-0.4, -0.2) is 28.6 Å². The Kier molecular flexibility index (Phi) is 4.09. The molecule has 0 aliphatic rings. The molecule has 0 unspecified atom stereocenters. The van der Waals surface area contributed by atoms with E-state index in [2.05, 4.69) is 10.3 Å². The fraction of sp³-hybridized carbons (Fsp3) is 0.0833. The van der Waals surface area contributed by atoms with Gasteiger partial charge in [0, 0.05) is 11.1 Å². The van der Waals surface area contributed by atoms with Gasteiger partial charge in [0.2, 0.25) is 0 Å². The van der Waals surface area contributed by atoms with Crippen LogP contribution >= 0.6 is 11.3 Å². The first-order valence-electron chi connectivity index (χ1n) is 5.29. The molecule has 0 radical (unpaired) electrons. The van der Waals surface area contributed by atoms with Crippen LogP contribution in [-0.2, 0) is 4.79 Å². The number of hydrogen-bond acceptors (Lipinski definition) is 5. The maximum atomic E-state index is 11.7. The van der Waals surface area contributed by atoms with Gasteiger partial charge >= 0.3 is 5.97 Å². The predicted molar refractivity (Wildman–Crippen MR) is 69.6 cm³/mol.